The molecule has 0 aliphatic rings. The summed E-state index contributed by atoms with van der Waals surface area (Å²) in [6.45, 7) is 2.77. The molecule has 3 aromatic rings. The van der Waals surface area contributed by atoms with Crippen molar-refractivity contribution < 1.29 is 22.7 Å². The summed E-state index contributed by atoms with van der Waals surface area (Å²) in [6.07, 6.45) is 4.41. The normalized spacial score (nSPS) is 10.8. The molecule has 0 atom stereocenters. The highest BCUT2D eigenvalue weighted by Crippen LogP contribution is 2.19. The zero-order valence-electron chi connectivity index (χ0n) is 19.9. The summed E-state index contributed by atoms with van der Waals surface area (Å²) < 4.78 is 38.2. The van der Waals surface area contributed by atoms with Gasteiger partial charge in [0, 0.05) is 17.3 Å². The minimum atomic E-state index is -3.89. The maximum Gasteiger partial charge on any atom is 0.263 e. The Morgan fingerprint density at radius 1 is 1.03 bits per heavy atom. The van der Waals surface area contributed by atoms with Crippen LogP contribution in [0.4, 0.5) is 11.5 Å². The molecule has 12 heteroatoms. The van der Waals surface area contributed by atoms with Gasteiger partial charge in [-0.25, -0.2) is 18.4 Å². The number of anilines is 2. The molecular formula is C24H27N5O5S2. The summed E-state index contributed by atoms with van der Waals surface area (Å²) in [6, 6.07) is 14.0. The number of sulfonamides is 1. The number of hydrogen-bond acceptors (Lipinski definition) is 8. The Bertz CT molecular complexity index is 1280. The third kappa shape index (κ3) is 7.89. The van der Waals surface area contributed by atoms with Crippen LogP contribution in [0.5, 0.6) is 11.6 Å². The van der Waals surface area contributed by atoms with Gasteiger partial charge in [0.15, 0.2) is 5.11 Å². The third-order valence-corrected chi connectivity index (χ3v) is 6.45. The number of ether oxygens (including phenoxy) is 2. The zero-order chi connectivity index (χ0) is 26.0. The first-order valence-corrected chi connectivity index (χ1v) is 13.0. The molecule has 0 unspecified atom stereocenters. The number of rotatable bonds is 11. The molecule has 0 saturated carbocycles. The van der Waals surface area contributed by atoms with Gasteiger partial charge in [-0.05, 0) is 67.2 Å². The number of nitrogens with one attached hydrogen (secondary N) is 3. The first-order valence-electron chi connectivity index (χ1n) is 11.1. The first kappa shape index (κ1) is 26.8. The number of aromatic nitrogens is 2. The Morgan fingerprint density at radius 3 is 2.42 bits per heavy atom. The summed E-state index contributed by atoms with van der Waals surface area (Å²) in [5, 5.41) is 5.53. The van der Waals surface area contributed by atoms with Crippen LogP contribution in [-0.4, -0.2) is 43.1 Å². The first-order chi connectivity index (χ1) is 17.3. The summed E-state index contributed by atoms with van der Waals surface area (Å²) in [5.74, 6) is 0.619. The monoisotopic (exact) mass is 529 g/mol. The fourth-order valence-electron chi connectivity index (χ4n) is 3.00. The smallest absolute Gasteiger partial charge is 0.263 e. The lowest BCUT2D eigenvalue weighted by atomic mass is 10.2. The van der Waals surface area contributed by atoms with Crippen molar-refractivity contribution in [3.8, 4) is 11.6 Å². The molecule has 1 heterocycles. The largest absolute Gasteiger partial charge is 0.494 e. The lowest BCUT2D eigenvalue weighted by Gasteiger charge is -2.11. The Balaban J connectivity index is 1.53. The van der Waals surface area contributed by atoms with E-state index in [0.717, 1.165) is 19.3 Å². The number of carbonyl (C=O) groups is 1. The maximum absolute atomic E-state index is 12.6. The van der Waals surface area contributed by atoms with Crippen LogP contribution in [0.1, 0.15) is 36.5 Å². The number of unbranched alkanes of at least 4 members (excludes halogenated alkanes) is 2. The van der Waals surface area contributed by atoms with Gasteiger partial charge in [-0.3, -0.25) is 14.8 Å². The van der Waals surface area contributed by atoms with E-state index >= 15 is 0 Å². The van der Waals surface area contributed by atoms with Crippen LogP contribution in [0, 0.1) is 0 Å². The maximum atomic E-state index is 12.6. The van der Waals surface area contributed by atoms with Crippen LogP contribution >= 0.6 is 12.2 Å². The molecule has 1 aromatic heterocycles. The van der Waals surface area contributed by atoms with Crippen LogP contribution in [0.15, 0.2) is 65.8 Å². The Labute approximate surface area is 215 Å². The number of methoxy groups -OCH3 is 1. The van der Waals surface area contributed by atoms with Crippen molar-refractivity contribution in [3.63, 3.8) is 0 Å². The van der Waals surface area contributed by atoms with Crippen molar-refractivity contribution in [2.75, 3.05) is 23.8 Å². The second-order valence-corrected chi connectivity index (χ2v) is 9.65. The molecule has 0 spiro atoms. The lowest BCUT2D eigenvalue weighted by Crippen LogP contribution is -2.34. The number of thiocarbonyl (C=S) groups is 1. The van der Waals surface area contributed by atoms with Gasteiger partial charge in [0.1, 0.15) is 17.9 Å². The van der Waals surface area contributed by atoms with E-state index in [9.17, 15) is 13.2 Å². The van der Waals surface area contributed by atoms with Crippen molar-refractivity contribution in [1.82, 2.24) is 15.3 Å². The fourth-order valence-corrected chi connectivity index (χ4v) is 4.21. The van der Waals surface area contributed by atoms with Crippen LogP contribution in [0.3, 0.4) is 0 Å². The van der Waals surface area contributed by atoms with E-state index in [0.29, 0.717) is 23.6 Å². The van der Waals surface area contributed by atoms with Gasteiger partial charge in [0.2, 0.25) is 5.88 Å². The van der Waals surface area contributed by atoms with E-state index in [-0.39, 0.29) is 27.6 Å². The quantitative estimate of drug-likeness (QED) is 0.249. The zero-order valence-corrected chi connectivity index (χ0v) is 21.5. The molecule has 36 heavy (non-hydrogen) atoms. The molecule has 0 aliphatic carbocycles. The Hall–Kier alpha value is -3.77. The second kappa shape index (κ2) is 12.8. The van der Waals surface area contributed by atoms with Crippen molar-refractivity contribution >= 4 is 44.8 Å². The molecule has 3 N–H and O–H groups in total. The van der Waals surface area contributed by atoms with Gasteiger partial charge in [0.05, 0.1) is 18.6 Å². The van der Waals surface area contributed by atoms with Gasteiger partial charge >= 0.3 is 0 Å². The average Bonchev–Trinajstić information content (AvgIpc) is 2.87. The number of hydrogen-bond donors (Lipinski definition) is 3. The van der Waals surface area contributed by atoms with E-state index in [2.05, 4.69) is 32.2 Å². The lowest BCUT2D eigenvalue weighted by molar-refractivity contribution is 0.0977. The molecule has 190 valence electrons. The van der Waals surface area contributed by atoms with Gasteiger partial charge in [-0.15, -0.1) is 0 Å². The molecule has 0 saturated heterocycles. The molecule has 10 nitrogen and oxygen atoms in total. The van der Waals surface area contributed by atoms with Crippen molar-refractivity contribution in [1.29, 1.82) is 0 Å². The highest BCUT2D eigenvalue weighted by atomic mass is 32.2. The third-order valence-electron chi connectivity index (χ3n) is 4.87. The molecule has 1 amide bonds. The molecule has 2 aromatic carbocycles. The van der Waals surface area contributed by atoms with Crippen LogP contribution < -0.4 is 24.8 Å². The van der Waals surface area contributed by atoms with E-state index in [1.807, 2.05) is 0 Å². The van der Waals surface area contributed by atoms with Gasteiger partial charge in [-0.1, -0.05) is 19.8 Å². The highest BCUT2D eigenvalue weighted by Gasteiger charge is 2.16. The Morgan fingerprint density at radius 2 is 1.75 bits per heavy atom. The predicted octanol–water partition coefficient (Wildman–Crippen LogP) is 3.98. The number of carbonyl (C=O) groups excluding carboxylic acids is 1. The molecular weight excluding hydrogens is 502 g/mol. The summed E-state index contributed by atoms with van der Waals surface area (Å²) in [4.78, 5) is 20.2. The molecule has 0 bridgehead atoms. The van der Waals surface area contributed by atoms with Crippen LogP contribution in [-0.2, 0) is 10.0 Å². The number of nitrogens with zero attached hydrogens (tertiary/aromatic N) is 2. The number of benzene rings is 2. The minimum absolute atomic E-state index is 0.0117. The molecule has 0 radical (unpaired) electrons. The minimum Gasteiger partial charge on any atom is -0.494 e. The summed E-state index contributed by atoms with van der Waals surface area (Å²) >= 11 is 5.21. The molecule has 0 aliphatic heterocycles. The van der Waals surface area contributed by atoms with Gasteiger partial charge in [-0.2, -0.15) is 0 Å². The van der Waals surface area contributed by atoms with E-state index in [4.69, 9.17) is 21.7 Å². The Kier molecular flexibility index (Phi) is 9.53. The molecule has 0 fully saturated rings. The van der Waals surface area contributed by atoms with Gasteiger partial charge in [0.25, 0.3) is 15.9 Å². The second-order valence-electron chi connectivity index (χ2n) is 7.56. The van der Waals surface area contributed by atoms with E-state index in [1.165, 1.54) is 43.8 Å². The van der Waals surface area contributed by atoms with E-state index in [1.54, 1.807) is 24.3 Å². The van der Waals surface area contributed by atoms with Crippen molar-refractivity contribution in [2.45, 2.75) is 31.1 Å². The van der Waals surface area contributed by atoms with Gasteiger partial charge < -0.3 is 14.8 Å². The standard InChI is InChI=1S/C24H27N5O5S2/c1-3-4-5-14-34-19-10-6-17(7-11-19)23(30)28-24(35)27-18-8-12-20(13-9-18)36(31,32)29-21-15-22(33-2)26-16-25-21/h6-13,15-16H,3-5,14H2,1-2H3,(H,25,26,29)(H2,27,28,30,35). The average molecular weight is 530 g/mol. The summed E-state index contributed by atoms with van der Waals surface area (Å²) in [7, 11) is -2.47. The van der Waals surface area contributed by atoms with Crippen molar-refractivity contribution in [3.05, 3.63) is 66.5 Å². The van der Waals surface area contributed by atoms with Crippen LogP contribution in [0.2, 0.25) is 0 Å². The topological polar surface area (TPSA) is 132 Å². The van der Waals surface area contributed by atoms with Crippen LogP contribution in [0.25, 0.3) is 0 Å². The number of amides is 1. The fraction of sp³-hybridized carbons (Fsp3) is 0.250. The van der Waals surface area contributed by atoms with E-state index < -0.39 is 10.0 Å². The predicted molar refractivity (Wildman–Crippen MR) is 141 cm³/mol. The SMILES string of the molecule is CCCCCOc1ccc(C(=O)NC(=S)Nc2ccc(S(=O)(=O)Nc3cc(OC)ncn3)cc2)cc1. The molecule has 3 rings (SSSR count). The highest BCUT2D eigenvalue weighted by molar-refractivity contribution is 7.92. The summed E-state index contributed by atoms with van der Waals surface area (Å²) in [5.41, 5.74) is 0.924. The van der Waals surface area contributed by atoms with Crippen molar-refractivity contribution in [2.24, 2.45) is 0 Å².